The Kier molecular flexibility index (Phi) is 3.99. The number of carbonyl (C=O) groups is 2. The third-order valence-electron chi connectivity index (χ3n) is 2.23. The maximum atomic E-state index is 11.6. The molecule has 0 spiro atoms. The molecule has 0 aliphatic rings. The summed E-state index contributed by atoms with van der Waals surface area (Å²) in [5.74, 6) is -1.27. The van der Waals surface area contributed by atoms with Gasteiger partial charge in [0.05, 0.1) is 12.1 Å². The molecule has 1 aromatic heterocycles. The van der Waals surface area contributed by atoms with Gasteiger partial charge in [-0.3, -0.25) is 14.6 Å². The van der Waals surface area contributed by atoms with Crippen LogP contribution in [0.1, 0.15) is 11.3 Å². The molecule has 5 nitrogen and oxygen atoms in total. The van der Waals surface area contributed by atoms with Gasteiger partial charge in [0, 0.05) is 13.2 Å². The van der Waals surface area contributed by atoms with Crippen LogP contribution in [0, 0.1) is 6.92 Å². The molecule has 1 rings (SSSR count). The van der Waals surface area contributed by atoms with Crippen LogP contribution in [0.15, 0.2) is 18.3 Å². The molecule has 1 N–H and O–H groups in total. The number of amides is 1. The number of aryl methyl sites for hydroxylation is 1. The molecule has 86 valence electrons. The third-order valence-corrected chi connectivity index (χ3v) is 2.23. The zero-order valence-corrected chi connectivity index (χ0v) is 9.30. The Balaban J connectivity index is 2.64. The summed E-state index contributed by atoms with van der Waals surface area (Å²) in [4.78, 5) is 27.3. The molecule has 0 aliphatic heterocycles. The fourth-order valence-corrected chi connectivity index (χ4v) is 1.27. The van der Waals surface area contributed by atoms with Crippen molar-refractivity contribution in [2.24, 2.45) is 0 Å². The summed E-state index contributed by atoms with van der Waals surface area (Å²) in [5.41, 5.74) is 1.62. The minimum atomic E-state index is -1.02. The van der Waals surface area contributed by atoms with Crippen molar-refractivity contribution in [2.75, 3.05) is 13.6 Å². The van der Waals surface area contributed by atoms with Crippen molar-refractivity contribution in [3.05, 3.63) is 29.6 Å². The van der Waals surface area contributed by atoms with E-state index in [9.17, 15) is 9.59 Å². The predicted molar refractivity (Wildman–Crippen MR) is 58.0 cm³/mol. The summed E-state index contributed by atoms with van der Waals surface area (Å²) in [6.45, 7) is 1.58. The van der Waals surface area contributed by atoms with Crippen LogP contribution < -0.4 is 0 Å². The average molecular weight is 222 g/mol. The molecular weight excluding hydrogens is 208 g/mol. The van der Waals surface area contributed by atoms with Crippen molar-refractivity contribution in [1.29, 1.82) is 0 Å². The Morgan fingerprint density at radius 1 is 1.50 bits per heavy atom. The molecular formula is C11H14N2O3. The number of carbonyl (C=O) groups excluding carboxylic acids is 1. The predicted octanol–water partition coefficient (Wildman–Crippen LogP) is 0.476. The van der Waals surface area contributed by atoms with Gasteiger partial charge in [-0.05, 0) is 18.6 Å². The highest BCUT2D eigenvalue weighted by Gasteiger charge is 2.13. The van der Waals surface area contributed by atoms with Crippen molar-refractivity contribution in [3.8, 4) is 0 Å². The Bertz CT molecular complexity index is 404. The molecule has 0 radical (unpaired) electrons. The lowest BCUT2D eigenvalue weighted by molar-refractivity contribution is -0.143. The van der Waals surface area contributed by atoms with Gasteiger partial charge in [-0.2, -0.15) is 0 Å². The lowest BCUT2D eigenvalue weighted by atomic mass is 10.1. The number of hydrogen-bond acceptors (Lipinski definition) is 3. The molecule has 1 heterocycles. The number of rotatable bonds is 4. The number of likely N-dealkylation sites (N-methyl/N-ethyl adjacent to an activating group) is 1. The van der Waals surface area contributed by atoms with E-state index in [0.29, 0.717) is 5.69 Å². The first-order valence-corrected chi connectivity index (χ1v) is 4.87. The summed E-state index contributed by atoms with van der Waals surface area (Å²) in [6, 6.07) is 3.66. The lowest BCUT2D eigenvalue weighted by Gasteiger charge is -2.14. The van der Waals surface area contributed by atoms with E-state index >= 15 is 0 Å². The van der Waals surface area contributed by atoms with Crippen molar-refractivity contribution in [2.45, 2.75) is 13.3 Å². The fraction of sp³-hybridized carbons (Fsp3) is 0.364. The van der Waals surface area contributed by atoms with Crippen LogP contribution in [0.3, 0.4) is 0 Å². The molecule has 0 unspecified atom stereocenters. The van der Waals surface area contributed by atoms with Gasteiger partial charge in [0.25, 0.3) is 0 Å². The first-order valence-electron chi connectivity index (χ1n) is 4.87. The van der Waals surface area contributed by atoms with Gasteiger partial charge in [0.2, 0.25) is 5.91 Å². The maximum absolute atomic E-state index is 11.6. The van der Waals surface area contributed by atoms with E-state index in [0.717, 1.165) is 5.56 Å². The fourth-order valence-electron chi connectivity index (χ4n) is 1.27. The number of carboxylic acid groups (broad SMARTS) is 1. The third kappa shape index (κ3) is 3.34. The first kappa shape index (κ1) is 12.2. The monoisotopic (exact) mass is 222 g/mol. The number of aromatic nitrogens is 1. The molecule has 0 saturated carbocycles. The van der Waals surface area contributed by atoms with Gasteiger partial charge in [-0.1, -0.05) is 6.07 Å². The summed E-state index contributed by atoms with van der Waals surface area (Å²) in [7, 11) is 1.47. The standard InChI is InChI=1S/C11H14N2O3/c1-8-4-3-5-12-9(8)6-10(14)13(2)7-11(15)16/h3-5H,6-7H2,1-2H3,(H,15,16). The van der Waals surface area contributed by atoms with Crippen LogP contribution in [-0.4, -0.2) is 40.5 Å². The van der Waals surface area contributed by atoms with Crippen molar-refractivity contribution in [1.82, 2.24) is 9.88 Å². The Morgan fingerprint density at radius 3 is 2.75 bits per heavy atom. The van der Waals surface area contributed by atoms with Crippen molar-refractivity contribution >= 4 is 11.9 Å². The minimum Gasteiger partial charge on any atom is -0.480 e. The molecule has 16 heavy (non-hydrogen) atoms. The molecule has 5 heteroatoms. The smallest absolute Gasteiger partial charge is 0.323 e. The van der Waals surface area contributed by atoms with Crippen LogP contribution in [0.2, 0.25) is 0 Å². The zero-order chi connectivity index (χ0) is 12.1. The number of hydrogen-bond donors (Lipinski definition) is 1. The molecule has 0 fully saturated rings. The van der Waals surface area contributed by atoms with E-state index < -0.39 is 5.97 Å². The Morgan fingerprint density at radius 2 is 2.19 bits per heavy atom. The van der Waals surface area contributed by atoms with E-state index in [2.05, 4.69) is 4.98 Å². The summed E-state index contributed by atoms with van der Waals surface area (Å²) >= 11 is 0. The van der Waals surface area contributed by atoms with Gasteiger partial charge < -0.3 is 10.0 Å². The lowest BCUT2D eigenvalue weighted by Crippen LogP contribution is -2.33. The normalized spacial score (nSPS) is 9.88. The van der Waals surface area contributed by atoms with Crippen molar-refractivity contribution < 1.29 is 14.7 Å². The molecule has 0 aliphatic carbocycles. The maximum Gasteiger partial charge on any atom is 0.323 e. The van der Waals surface area contributed by atoms with Gasteiger partial charge >= 0.3 is 5.97 Å². The minimum absolute atomic E-state index is 0.135. The highest BCUT2D eigenvalue weighted by molar-refractivity contribution is 5.82. The Labute approximate surface area is 93.7 Å². The van der Waals surface area contributed by atoms with Crippen LogP contribution in [0.25, 0.3) is 0 Å². The van der Waals surface area contributed by atoms with Crippen LogP contribution >= 0.6 is 0 Å². The summed E-state index contributed by atoms with van der Waals surface area (Å²) in [5, 5.41) is 8.54. The molecule has 0 atom stereocenters. The van der Waals surface area contributed by atoms with Crippen molar-refractivity contribution in [3.63, 3.8) is 0 Å². The first-order chi connectivity index (χ1) is 7.50. The van der Waals surface area contributed by atoms with Gasteiger partial charge in [-0.15, -0.1) is 0 Å². The number of carboxylic acids is 1. The summed E-state index contributed by atoms with van der Waals surface area (Å²) in [6.07, 6.45) is 1.75. The van der Waals surface area contributed by atoms with E-state index in [4.69, 9.17) is 5.11 Å². The Hall–Kier alpha value is -1.91. The second kappa shape index (κ2) is 5.25. The topological polar surface area (TPSA) is 70.5 Å². The highest BCUT2D eigenvalue weighted by atomic mass is 16.4. The molecule has 1 amide bonds. The number of pyridine rings is 1. The second-order valence-corrected chi connectivity index (χ2v) is 3.59. The van der Waals surface area contributed by atoms with E-state index in [1.54, 1.807) is 12.3 Å². The van der Waals surface area contributed by atoms with Gasteiger partial charge in [0.15, 0.2) is 0 Å². The van der Waals surface area contributed by atoms with Crippen LogP contribution in [0.5, 0.6) is 0 Å². The van der Waals surface area contributed by atoms with Crippen LogP contribution in [0.4, 0.5) is 0 Å². The molecule has 0 bridgehead atoms. The van der Waals surface area contributed by atoms with Crippen LogP contribution in [-0.2, 0) is 16.0 Å². The molecule has 0 saturated heterocycles. The highest BCUT2D eigenvalue weighted by Crippen LogP contribution is 2.05. The van der Waals surface area contributed by atoms with E-state index in [1.165, 1.54) is 11.9 Å². The van der Waals surface area contributed by atoms with Gasteiger partial charge in [-0.25, -0.2) is 0 Å². The number of nitrogens with zero attached hydrogens (tertiary/aromatic N) is 2. The number of aliphatic carboxylic acids is 1. The quantitative estimate of drug-likeness (QED) is 0.804. The van der Waals surface area contributed by atoms with E-state index in [-0.39, 0.29) is 18.9 Å². The van der Waals surface area contributed by atoms with E-state index in [1.807, 2.05) is 13.0 Å². The molecule has 0 aromatic carbocycles. The SMILES string of the molecule is Cc1cccnc1CC(=O)N(C)CC(=O)O. The second-order valence-electron chi connectivity index (χ2n) is 3.59. The largest absolute Gasteiger partial charge is 0.480 e. The average Bonchev–Trinajstić information content (AvgIpc) is 2.20. The van der Waals surface area contributed by atoms with Gasteiger partial charge in [0.1, 0.15) is 6.54 Å². The zero-order valence-electron chi connectivity index (χ0n) is 9.30. The summed E-state index contributed by atoms with van der Waals surface area (Å²) < 4.78 is 0. The molecule has 1 aromatic rings.